The first-order chi connectivity index (χ1) is 8.92. The van der Waals surface area contributed by atoms with Gasteiger partial charge in [-0.1, -0.05) is 36.4 Å². The lowest BCUT2D eigenvalue weighted by Crippen LogP contribution is -2.33. The zero-order chi connectivity index (χ0) is 11.9. The second kappa shape index (κ2) is 3.88. The van der Waals surface area contributed by atoms with Crippen LogP contribution in [-0.2, 0) is 6.42 Å². The van der Waals surface area contributed by atoms with Gasteiger partial charge in [0, 0.05) is 24.4 Å². The van der Waals surface area contributed by atoms with Gasteiger partial charge in [0.15, 0.2) is 0 Å². The van der Waals surface area contributed by atoms with Crippen LogP contribution in [0.2, 0.25) is 0 Å². The summed E-state index contributed by atoms with van der Waals surface area (Å²) in [6.45, 7) is 2.31. The van der Waals surface area contributed by atoms with Gasteiger partial charge in [0.25, 0.3) is 0 Å². The molecule has 0 spiro atoms. The highest BCUT2D eigenvalue weighted by atomic mass is 15.1. The van der Waals surface area contributed by atoms with Gasteiger partial charge < -0.3 is 4.90 Å². The van der Waals surface area contributed by atoms with E-state index in [2.05, 4.69) is 47.4 Å². The molecule has 0 saturated heterocycles. The third-order valence-corrected chi connectivity index (χ3v) is 4.28. The fraction of sp³-hybridized carbons (Fsp3) is 0.294. The average Bonchev–Trinajstić information content (AvgIpc) is 2.45. The number of benzene rings is 1. The fourth-order valence-electron chi connectivity index (χ4n) is 3.30. The van der Waals surface area contributed by atoms with E-state index >= 15 is 0 Å². The minimum Gasteiger partial charge on any atom is -0.367 e. The van der Waals surface area contributed by atoms with Crippen LogP contribution in [-0.4, -0.2) is 18.0 Å². The van der Waals surface area contributed by atoms with Crippen molar-refractivity contribution in [1.29, 1.82) is 0 Å². The lowest BCUT2D eigenvalue weighted by molar-refractivity contribution is 0.409. The normalized spacial score (nSPS) is 21.1. The Morgan fingerprint density at radius 1 is 1.06 bits per heavy atom. The maximum Gasteiger partial charge on any atom is 0.0451 e. The second-order valence-corrected chi connectivity index (χ2v) is 5.36. The summed E-state index contributed by atoms with van der Waals surface area (Å²) in [5, 5.41) is 0. The van der Waals surface area contributed by atoms with Crippen LogP contribution >= 0.6 is 0 Å². The molecular formula is C17H17N. The number of rotatable bonds is 0. The summed E-state index contributed by atoms with van der Waals surface area (Å²) in [7, 11) is 0. The molecule has 2 heterocycles. The summed E-state index contributed by atoms with van der Waals surface area (Å²) in [6, 6.07) is 8.85. The Kier molecular flexibility index (Phi) is 2.19. The summed E-state index contributed by atoms with van der Waals surface area (Å²) in [4.78, 5) is 2.56. The summed E-state index contributed by atoms with van der Waals surface area (Å²) >= 11 is 0. The SMILES string of the molecule is C1=CC2=C(CC1)CN1CCc3ccccc3C1=C2. The Morgan fingerprint density at radius 2 is 2.00 bits per heavy atom. The van der Waals surface area contributed by atoms with Crippen LogP contribution in [0.5, 0.6) is 0 Å². The van der Waals surface area contributed by atoms with Crippen LogP contribution in [0.15, 0.2) is 53.6 Å². The van der Waals surface area contributed by atoms with Crippen molar-refractivity contribution in [3.8, 4) is 0 Å². The smallest absolute Gasteiger partial charge is 0.0451 e. The van der Waals surface area contributed by atoms with E-state index < -0.39 is 0 Å². The number of allylic oxidation sites excluding steroid dienone is 4. The van der Waals surface area contributed by atoms with Crippen LogP contribution in [0.4, 0.5) is 0 Å². The van der Waals surface area contributed by atoms with Crippen molar-refractivity contribution in [2.24, 2.45) is 0 Å². The Balaban J connectivity index is 1.85. The van der Waals surface area contributed by atoms with Crippen molar-refractivity contribution >= 4 is 5.70 Å². The maximum absolute atomic E-state index is 2.56. The molecule has 1 aromatic rings. The Hall–Kier alpha value is -1.76. The topological polar surface area (TPSA) is 3.24 Å². The predicted octanol–water partition coefficient (Wildman–Crippen LogP) is 3.55. The van der Waals surface area contributed by atoms with Gasteiger partial charge in [-0.2, -0.15) is 0 Å². The molecule has 1 nitrogen and oxygen atoms in total. The standard InChI is InChI=1S/C17H17N/c1-2-7-15-12-18-10-9-13-5-3-4-8-16(13)17(18)11-14(15)6-1/h1,3-6,8,11H,2,7,9-10,12H2. The maximum atomic E-state index is 2.56. The molecule has 2 aliphatic heterocycles. The highest BCUT2D eigenvalue weighted by Gasteiger charge is 2.25. The average molecular weight is 235 g/mol. The molecule has 0 radical (unpaired) electrons. The van der Waals surface area contributed by atoms with E-state index in [0.717, 1.165) is 6.54 Å². The number of fused-ring (bicyclic) bond motifs is 3. The van der Waals surface area contributed by atoms with Gasteiger partial charge in [-0.25, -0.2) is 0 Å². The summed E-state index contributed by atoms with van der Waals surface area (Å²) in [5.41, 5.74) is 7.46. The first-order valence-electron chi connectivity index (χ1n) is 6.85. The van der Waals surface area contributed by atoms with Gasteiger partial charge in [0.1, 0.15) is 0 Å². The van der Waals surface area contributed by atoms with E-state index in [9.17, 15) is 0 Å². The molecule has 4 rings (SSSR count). The molecule has 1 heteroatoms. The fourth-order valence-corrected chi connectivity index (χ4v) is 3.30. The molecule has 0 fully saturated rings. The minimum atomic E-state index is 1.14. The molecule has 0 N–H and O–H groups in total. The molecule has 0 unspecified atom stereocenters. The van der Waals surface area contributed by atoms with Crippen LogP contribution in [0.1, 0.15) is 24.0 Å². The van der Waals surface area contributed by atoms with Gasteiger partial charge in [-0.05, 0) is 42.0 Å². The molecule has 0 aromatic heterocycles. The molecule has 0 atom stereocenters. The first-order valence-corrected chi connectivity index (χ1v) is 6.85. The van der Waals surface area contributed by atoms with E-state index in [-0.39, 0.29) is 0 Å². The Morgan fingerprint density at radius 3 is 3.00 bits per heavy atom. The van der Waals surface area contributed by atoms with Crippen LogP contribution < -0.4 is 0 Å². The second-order valence-electron chi connectivity index (χ2n) is 5.36. The van der Waals surface area contributed by atoms with Gasteiger partial charge in [0.2, 0.25) is 0 Å². The Bertz CT molecular complexity index is 589. The molecule has 0 bridgehead atoms. The summed E-state index contributed by atoms with van der Waals surface area (Å²) in [5.74, 6) is 0. The third kappa shape index (κ3) is 1.47. The third-order valence-electron chi connectivity index (χ3n) is 4.28. The molecule has 0 saturated carbocycles. The summed E-state index contributed by atoms with van der Waals surface area (Å²) in [6.07, 6.45) is 10.7. The zero-order valence-corrected chi connectivity index (χ0v) is 10.5. The van der Waals surface area contributed by atoms with Gasteiger partial charge >= 0.3 is 0 Å². The minimum absolute atomic E-state index is 1.14. The first kappa shape index (κ1) is 10.2. The quantitative estimate of drug-likeness (QED) is 0.664. The van der Waals surface area contributed by atoms with Crippen molar-refractivity contribution in [2.75, 3.05) is 13.1 Å². The van der Waals surface area contributed by atoms with Crippen molar-refractivity contribution in [1.82, 2.24) is 4.90 Å². The van der Waals surface area contributed by atoms with Gasteiger partial charge in [0.05, 0.1) is 0 Å². The molecule has 3 aliphatic rings. The van der Waals surface area contributed by atoms with E-state index in [1.165, 1.54) is 48.2 Å². The molecule has 1 aliphatic carbocycles. The molecule has 90 valence electrons. The van der Waals surface area contributed by atoms with Crippen LogP contribution in [0.3, 0.4) is 0 Å². The lowest BCUT2D eigenvalue weighted by Gasteiger charge is -2.38. The van der Waals surface area contributed by atoms with Crippen molar-refractivity contribution in [2.45, 2.75) is 19.3 Å². The highest BCUT2D eigenvalue weighted by molar-refractivity contribution is 5.74. The molecule has 0 amide bonds. The van der Waals surface area contributed by atoms with Crippen molar-refractivity contribution < 1.29 is 0 Å². The molecule has 1 aromatic carbocycles. The number of hydrogen-bond acceptors (Lipinski definition) is 1. The largest absolute Gasteiger partial charge is 0.367 e. The van der Waals surface area contributed by atoms with Crippen LogP contribution in [0.25, 0.3) is 5.70 Å². The molecule has 18 heavy (non-hydrogen) atoms. The van der Waals surface area contributed by atoms with E-state index in [1.807, 2.05) is 0 Å². The monoisotopic (exact) mass is 235 g/mol. The summed E-state index contributed by atoms with van der Waals surface area (Å²) < 4.78 is 0. The van der Waals surface area contributed by atoms with Crippen molar-refractivity contribution in [3.63, 3.8) is 0 Å². The predicted molar refractivity (Wildman–Crippen MR) is 75.1 cm³/mol. The van der Waals surface area contributed by atoms with Crippen molar-refractivity contribution in [3.05, 3.63) is 64.8 Å². The van der Waals surface area contributed by atoms with E-state index in [4.69, 9.17) is 0 Å². The van der Waals surface area contributed by atoms with E-state index in [0.29, 0.717) is 0 Å². The number of hydrogen-bond donors (Lipinski definition) is 0. The molecular weight excluding hydrogens is 218 g/mol. The van der Waals surface area contributed by atoms with Gasteiger partial charge in [-0.3, -0.25) is 0 Å². The zero-order valence-electron chi connectivity index (χ0n) is 10.5. The Labute approximate surface area is 108 Å². The lowest BCUT2D eigenvalue weighted by atomic mass is 9.88. The highest BCUT2D eigenvalue weighted by Crippen LogP contribution is 2.36. The number of nitrogens with zero attached hydrogens (tertiary/aromatic N) is 1. The van der Waals surface area contributed by atoms with E-state index in [1.54, 1.807) is 5.57 Å². The van der Waals surface area contributed by atoms with Crippen LogP contribution in [0, 0.1) is 0 Å². The van der Waals surface area contributed by atoms with Gasteiger partial charge in [-0.15, -0.1) is 0 Å².